The molecule has 1 fully saturated rings. The minimum absolute atomic E-state index is 0.0804. The molecule has 1 atom stereocenters. The predicted octanol–water partition coefficient (Wildman–Crippen LogP) is 5.75. The second kappa shape index (κ2) is 12.0. The summed E-state index contributed by atoms with van der Waals surface area (Å²) in [5.74, 6) is -0.203. The van der Waals surface area contributed by atoms with Gasteiger partial charge < -0.3 is 10.2 Å². The Morgan fingerprint density at radius 3 is 2.30 bits per heavy atom. The van der Waals surface area contributed by atoms with Crippen molar-refractivity contribution in [2.45, 2.75) is 90.3 Å². The normalized spacial score (nSPS) is 15.3. The Labute approximate surface area is 197 Å². The molecule has 2 aromatic carbocycles. The summed E-state index contributed by atoms with van der Waals surface area (Å²) in [6.07, 6.45) is 6.26. The van der Waals surface area contributed by atoms with Crippen molar-refractivity contribution in [2.75, 3.05) is 0 Å². The van der Waals surface area contributed by atoms with Gasteiger partial charge in [-0.1, -0.05) is 75.6 Å². The largest absolute Gasteiger partial charge is 0.352 e. The van der Waals surface area contributed by atoms with Gasteiger partial charge in [0.1, 0.15) is 11.9 Å². The minimum Gasteiger partial charge on any atom is -0.352 e. The molecule has 0 spiro atoms. The first-order valence-electron chi connectivity index (χ1n) is 12.3. The standard InChI is InChI=1S/C28H37FN2O2/c1-20(2)23-16-13-22(14-17-23)15-18-27(32)31(19-24-9-7-8-12-26(24)29)21(3)28(33)30-25-10-5-4-6-11-25/h7-9,12-14,16-17,20-21,25H,4-6,10-11,15,18-19H2,1-3H3,(H,30,33)/t21-/m1/s1. The Kier molecular flexibility index (Phi) is 9.04. The molecule has 2 amide bonds. The lowest BCUT2D eigenvalue weighted by Gasteiger charge is -2.31. The molecule has 0 heterocycles. The Bertz CT molecular complexity index is 920. The number of halogens is 1. The second-order valence-corrected chi connectivity index (χ2v) is 9.53. The monoisotopic (exact) mass is 452 g/mol. The Hall–Kier alpha value is -2.69. The molecule has 0 aliphatic heterocycles. The minimum atomic E-state index is -0.664. The van der Waals surface area contributed by atoms with E-state index in [0.29, 0.717) is 17.9 Å². The molecule has 0 aromatic heterocycles. The van der Waals surface area contributed by atoms with Crippen molar-refractivity contribution in [3.8, 4) is 0 Å². The summed E-state index contributed by atoms with van der Waals surface area (Å²) < 4.78 is 14.4. The van der Waals surface area contributed by atoms with Gasteiger partial charge in [-0.15, -0.1) is 0 Å². The summed E-state index contributed by atoms with van der Waals surface area (Å²) in [6, 6.07) is 14.3. The van der Waals surface area contributed by atoms with Gasteiger partial charge in [0, 0.05) is 24.6 Å². The van der Waals surface area contributed by atoms with Crippen LogP contribution in [0.15, 0.2) is 48.5 Å². The number of rotatable bonds is 9. The lowest BCUT2D eigenvalue weighted by Crippen LogP contribution is -2.50. The summed E-state index contributed by atoms with van der Waals surface area (Å²) in [6.45, 7) is 6.13. The van der Waals surface area contributed by atoms with E-state index in [4.69, 9.17) is 0 Å². The van der Waals surface area contributed by atoms with Gasteiger partial charge in [-0.25, -0.2) is 4.39 Å². The van der Waals surface area contributed by atoms with Gasteiger partial charge in [-0.05, 0) is 49.3 Å². The molecule has 1 aliphatic carbocycles. The van der Waals surface area contributed by atoms with Crippen LogP contribution in [0.5, 0.6) is 0 Å². The molecule has 1 saturated carbocycles. The first-order valence-corrected chi connectivity index (χ1v) is 12.3. The van der Waals surface area contributed by atoms with E-state index in [2.05, 4.69) is 43.4 Å². The second-order valence-electron chi connectivity index (χ2n) is 9.53. The van der Waals surface area contributed by atoms with Crippen molar-refractivity contribution < 1.29 is 14.0 Å². The molecule has 0 saturated heterocycles. The number of nitrogens with zero attached hydrogens (tertiary/aromatic N) is 1. The summed E-state index contributed by atoms with van der Waals surface area (Å²) in [5.41, 5.74) is 2.77. The highest BCUT2D eigenvalue weighted by Gasteiger charge is 2.28. The molecule has 0 unspecified atom stereocenters. The van der Waals surface area contributed by atoms with E-state index in [0.717, 1.165) is 31.2 Å². The zero-order valence-corrected chi connectivity index (χ0v) is 20.1. The third-order valence-electron chi connectivity index (χ3n) is 6.69. The van der Waals surface area contributed by atoms with Gasteiger partial charge in [0.25, 0.3) is 0 Å². The highest BCUT2D eigenvalue weighted by atomic mass is 19.1. The van der Waals surface area contributed by atoms with Gasteiger partial charge in [0.05, 0.1) is 0 Å². The molecule has 1 aliphatic rings. The maximum Gasteiger partial charge on any atom is 0.242 e. The fourth-order valence-corrected chi connectivity index (χ4v) is 4.43. The molecule has 1 N–H and O–H groups in total. The van der Waals surface area contributed by atoms with Gasteiger partial charge in [-0.3, -0.25) is 9.59 Å². The maximum absolute atomic E-state index is 14.4. The highest BCUT2D eigenvalue weighted by molar-refractivity contribution is 5.87. The zero-order chi connectivity index (χ0) is 23.8. The van der Waals surface area contributed by atoms with Crippen LogP contribution in [0.3, 0.4) is 0 Å². The molecule has 2 aromatic rings. The topological polar surface area (TPSA) is 49.4 Å². The van der Waals surface area contributed by atoms with Crippen LogP contribution in [0.4, 0.5) is 4.39 Å². The number of amides is 2. The van der Waals surface area contributed by atoms with E-state index in [-0.39, 0.29) is 36.6 Å². The van der Waals surface area contributed by atoms with Crippen LogP contribution < -0.4 is 5.32 Å². The third kappa shape index (κ3) is 7.15. The fourth-order valence-electron chi connectivity index (χ4n) is 4.43. The Balaban J connectivity index is 1.70. The Morgan fingerprint density at radius 2 is 1.67 bits per heavy atom. The van der Waals surface area contributed by atoms with Crippen LogP contribution in [0.2, 0.25) is 0 Å². The third-order valence-corrected chi connectivity index (χ3v) is 6.69. The number of hydrogen-bond acceptors (Lipinski definition) is 2. The molecular formula is C28H37FN2O2. The van der Waals surface area contributed by atoms with Gasteiger partial charge in [-0.2, -0.15) is 0 Å². The fraction of sp³-hybridized carbons (Fsp3) is 0.500. The molecular weight excluding hydrogens is 415 g/mol. The number of nitrogens with one attached hydrogen (secondary N) is 1. The van der Waals surface area contributed by atoms with Crippen molar-refractivity contribution in [2.24, 2.45) is 0 Å². The molecule has 33 heavy (non-hydrogen) atoms. The predicted molar refractivity (Wildman–Crippen MR) is 130 cm³/mol. The number of carbonyl (C=O) groups is 2. The number of carbonyl (C=O) groups excluding carboxylic acids is 2. The van der Waals surface area contributed by atoms with Crippen molar-refractivity contribution >= 4 is 11.8 Å². The lowest BCUT2D eigenvalue weighted by atomic mass is 9.95. The van der Waals surface area contributed by atoms with E-state index in [1.807, 2.05) is 0 Å². The number of aryl methyl sites for hydroxylation is 1. The van der Waals surface area contributed by atoms with Crippen molar-refractivity contribution in [3.05, 3.63) is 71.0 Å². The average molecular weight is 453 g/mol. The van der Waals surface area contributed by atoms with E-state index in [9.17, 15) is 14.0 Å². The van der Waals surface area contributed by atoms with E-state index < -0.39 is 6.04 Å². The molecule has 178 valence electrons. The van der Waals surface area contributed by atoms with E-state index >= 15 is 0 Å². The number of hydrogen-bond donors (Lipinski definition) is 1. The SMILES string of the molecule is CC(C)c1ccc(CCC(=O)N(Cc2ccccc2F)[C@H](C)C(=O)NC2CCCCC2)cc1. The quantitative estimate of drug-likeness (QED) is 0.527. The summed E-state index contributed by atoms with van der Waals surface area (Å²) in [4.78, 5) is 27.8. The first-order chi connectivity index (χ1) is 15.8. The first kappa shape index (κ1) is 24.9. The molecule has 0 radical (unpaired) electrons. The summed E-state index contributed by atoms with van der Waals surface area (Å²) in [7, 11) is 0. The lowest BCUT2D eigenvalue weighted by molar-refractivity contribution is -0.141. The van der Waals surface area contributed by atoms with Gasteiger partial charge >= 0.3 is 0 Å². The zero-order valence-electron chi connectivity index (χ0n) is 20.1. The molecule has 0 bridgehead atoms. The maximum atomic E-state index is 14.4. The Morgan fingerprint density at radius 1 is 1.00 bits per heavy atom. The van der Waals surface area contributed by atoms with Crippen LogP contribution in [0, 0.1) is 5.82 Å². The van der Waals surface area contributed by atoms with Crippen LogP contribution in [0.25, 0.3) is 0 Å². The highest BCUT2D eigenvalue weighted by Crippen LogP contribution is 2.20. The van der Waals surface area contributed by atoms with Crippen LogP contribution in [-0.2, 0) is 22.6 Å². The average Bonchev–Trinajstić information content (AvgIpc) is 2.82. The molecule has 4 nitrogen and oxygen atoms in total. The summed E-state index contributed by atoms with van der Waals surface area (Å²) >= 11 is 0. The smallest absolute Gasteiger partial charge is 0.242 e. The van der Waals surface area contributed by atoms with E-state index in [1.165, 1.54) is 23.0 Å². The van der Waals surface area contributed by atoms with Crippen LogP contribution >= 0.6 is 0 Å². The van der Waals surface area contributed by atoms with Crippen LogP contribution in [0.1, 0.15) is 81.9 Å². The van der Waals surface area contributed by atoms with Crippen molar-refractivity contribution in [1.82, 2.24) is 10.2 Å². The summed E-state index contributed by atoms with van der Waals surface area (Å²) in [5, 5.41) is 3.12. The molecule has 5 heteroatoms. The van der Waals surface area contributed by atoms with Crippen LogP contribution in [-0.4, -0.2) is 28.8 Å². The van der Waals surface area contributed by atoms with Crippen molar-refractivity contribution in [3.63, 3.8) is 0 Å². The van der Waals surface area contributed by atoms with E-state index in [1.54, 1.807) is 25.1 Å². The van der Waals surface area contributed by atoms with Gasteiger partial charge in [0.2, 0.25) is 11.8 Å². The van der Waals surface area contributed by atoms with Crippen molar-refractivity contribution in [1.29, 1.82) is 0 Å². The molecule has 3 rings (SSSR count). The number of benzene rings is 2. The van der Waals surface area contributed by atoms with Gasteiger partial charge in [0.15, 0.2) is 0 Å².